The fourth-order valence-electron chi connectivity index (χ4n) is 4.44. The van der Waals surface area contributed by atoms with Crippen molar-refractivity contribution in [2.75, 3.05) is 59.8 Å². The van der Waals surface area contributed by atoms with E-state index >= 15 is 0 Å². The van der Waals surface area contributed by atoms with Crippen LogP contribution in [0.2, 0.25) is 0 Å². The van der Waals surface area contributed by atoms with E-state index in [1.807, 2.05) is 0 Å². The SMILES string of the molecule is COCCOCCNS(=O)(=O)NC(=O)OC[C@H](COC(C)=O)NC(=O)CCCNC(=O)OCC1[C@H]2CCC#CCC[C@@H]12. The molecule has 238 valence electrons. The monoisotopic (exact) mass is 618 g/mol. The average Bonchev–Trinajstić information content (AvgIpc) is 3.57. The van der Waals surface area contributed by atoms with Gasteiger partial charge in [0.15, 0.2) is 0 Å². The summed E-state index contributed by atoms with van der Waals surface area (Å²) in [6.07, 6.45) is 2.34. The van der Waals surface area contributed by atoms with Crippen LogP contribution in [0, 0.1) is 29.6 Å². The fourth-order valence-corrected chi connectivity index (χ4v) is 5.14. The number of amides is 3. The van der Waals surface area contributed by atoms with Crippen molar-refractivity contribution < 1.29 is 51.3 Å². The van der Waals surface area contributed by atoms with E-state index in [0.29, 0.717) is 37.4 Å². The van der Waals surface area contributed by atoms with Crippen molar-refractivity contribution in [3.8, 4) is 11.8 Å². The average molecular weight is 619 g/mol. The molecule has 0 aromatic heterocycles. The van der Waals surface area contributed by atoms with E-state index in [0.717, 1.165) is 25.7 Å². The molecule has 4 N–H and O–H groups in total. The third-order valence-corrected chi connectivity index (χ3v) is 7.57. The van der Waals surface area contributed by atoms with Crippen molar-refractivity contribution in [3.63, 3.8) is 0 Å². The van der Waals surface area contributed by atoms with Crippen molar-refractivity contribution in [2.24, 2.45) is 17.8 Å². The number of rotatable bonds is 19. The van der Waals surface area contributed by atoms with E-state index in [1.54, 1.807) is 4.72 Å². The van der Waals surface area contributed by atoms with Crippen LogP contribution in [0.5, 0.6) is 0 Å². The number of methoxy groups -OCH3 is 1. The summed E-state index contributed by atoms with van der Waals surface area (Å²) in [5, 5.41) is 5.18. The van der Waals surface area contributed by atoms with Gasteiger partial charge in [0.25, 0.3) is 0 Å². The van der Waals surface area contributed by atoms with Gasteiger partial charge < -0.3 is 34.3 Å². The zero-order chi connectivity index (χ0) is 30.8. The van der Waals surface area contributed by atoms with Crippen LogP contribution in [0.3, 0.4) is 0 Å². The van der Waals surface area contributed by atoms with Crippen molar-refractivity contribution in [3.05, 3.63) is 0 Å². The maximum Gasteiger partial charge on any atom is 0.421 e. The molecule has 1 unspecified atom stereocenters. The molecule has 0 heterocycles. The van der Waals surface area contributed by atoms with E-state index in [4.69, 9.17) is 23.7 Å². The second-order valence-corrected chi connectivity index (χ2v) is 11.3. The molecule has 16 heteroatoms. The maximum absolute atomic E-state index is 12.4. The Morgan fingerprint density at radius 3 is 2.26 bits per heavy atom. The highest BCUT2D eigenvalue weighted by Gasteiger charge is 2.49. The van der Waals surface area contributed by atoms with Gasteiger partial charge in [-0.2, -0.15) is 13.1 Å². The summed E-state index contributed by atoms with van der Waals surface area (Å²) < 4.78 is 52.7. The Labute approximate surface area is 246 Å². The number of alkyl carbamates (subject to hydrolysis) is 1. The van der Waals surface area contributed by atoms with Gasteiger partial charge in [0, 0.05) is 46.4 Å². The third-order valence-electron chi connectivity index (χ3n) is 6.55. The number of hydrogen-bond acceptors (Lipinski definition) is 11. The lowest BCUT2D eigenvalue weighted by Gasteiger charge is -2.18. The predicted octanol–water partition coefficient (Wildman–Crippen LogP) is 0.204. The van der Waals surface area contributed by atoms with Gasteiger partial charge in [-0.05, 0) is 37.0 Å². The highest BCUT2D eigenvalue weighted by molar-refractivity contribution is 7.88. The van der Waals surface area contributed by atoms with Crippen LogP contribution in [-0.4, -0.2) is 98.4 Å². The van der Waals surface area contributed by atoms with Gasteiger partial charge in [-0.25, -0.2) is 14.3 Å². The largest absolute Gasteiger partial charge is 0.464 e. The normalized spacial score (nSPS) is 19.8. The fraction of sp³-hybridized carbons (Fsp3) is 0.769. The molecule has 0 spiro atoms. The Hall–Kier alpha value is -3.13. The van der Waals surface area contributed by atoms with Gasteiger partial charge >= 0.3 is 28.4 Å². The molecule has 3 amide bonds. The zero-order valence-electron chi connectivity index (χ0n) is 24.1. The minimum absolute atomic E-state index is 0.0145. The minimum atomic E-state index is -4.21. The van der Waals surface area contributed by atoms with Gasteiger partial charge in [-0.3, -0.25) is 9.59 Å². The Balaban J connectivity index is 1.62. The number of esters is 1. The highest BCUT2D eigenvalue weighted by Crippen LogP contribution is 2.52. The second-order valence-electron chi connectivity index (χ2n) is 9.82. The molecule has 42 heavy (non-hydrogen) atoms. The molecular weight excluding hydrogens is 576 g/mol. The van der Waals surface area contributed by atoms with Crippen molar-refractivity contribution in [1.29, 1.82) is 0 Å². The summed E-state index contributed by atoms with van der Waals surface area (Å²) in [4.78, 5) is 47.6. The highest BCUT2D eigenvalue weighted by atomic mass is 32.2. The number of hydrogen-bond donors (Lipinski definition) is 4. The number of carbonyl (C=O) groups excluding carboxylic acids is 4. The van der Waals surface area contributed by atoms with Crippen LogP contribution in [0.25, 0.3) is 0 Å². The summed E-state index contributed by atoms with van der Waals surface area (Å²) in [5.74, 6) is 6.75. The molecule has 1 saturated carbocycles. The Morgan fingerprint density at radius 1 is 0.905 bits per heavy atom. The second kappa shape index (κ2) is 19.1. The number of ether oxygens (including phenoxy) is 5. The van der Waals surface area contributed by atoms with Crippen LogP contribution in [0.15, 0.2) is 0 Å². The lowest BCUT2D eigenvalue weighted by atomic mass is 10.1. The summed E-state index contributed by atoms with van der Waals surface area (Å²) >= 11 is 0. The Kier molecular flexibility index (Phi) is 16.0. The van der Waals surface area contributed by atoms with E-state index in [9.17, 15) is 27.6 Å². The smallest absolute Gasteiger partial charge is 0.421 e. The van der Waals surface area contributed by atoms with Gasteiger partial charge in [0.05, 0.1) is 32.5 Å². The third kappa shape index (κ3) is 15.2. The van der Waals surface area contributed by atoms with Crippen molar-refractivity contribution in [2.45, 2.75) is 51.5 Å². The molecule has 0 aromatic rings. The first-order valence-electron chi connectivity index (χ1n) is 13.9. The van der Waals surface area contributed by atoms with E-state index in [1.165, 1.54) is 14.0 Å². The Morgan fingerprint density at radius 2 is 1.60 bits per heavy atom. The van der Waals surface area contributed by atoms with Crippen LogP contribution in [0.1, 0.15) is 45.4 Å². The molecule has 0 radical (unpaired) electrons. The van der Waals surface area contributed by atoms with Gasteiger partial charge in [0.2, 0.25) is 5.91 Å². The molecule has 0 aromatic carbocycles. The first kappa shape index (κ1) is 35.1. The standard InChI is InChI=1S/C26H42N4O11S/c1-19(31)39-16-20(17-40-26(34)30-42(35,36)28-12-13-38-15-14-37-2)29-24(32)10-7-11-27-25(33)41-18-23-21-8-5-3-4-6-9-22(21)23/h20-23,28H,5-18H2,1-2H3,(H,27,33)(H,29,32)(H,30,34)/t20-,21-,22+,23?/m0/s1. The molecule has 4 atom stereocenters. The van der Waals surface area contributed by atoms with Gasteiger partial charge in [-0.1, -0.05) is 0 Å². The molecule has 15 nitrogen and oxygen atoms in total. The van der Waals surface area contributed by atoms with Crippen LogP contribution in [0.4, 0.5) is 9.59 Å². The van der Waals surface area contributed by atoms with Crippen LogP contribution >= 0.6 is 0 Å². The molecule has 2 rings (SSSR count). The molecule has 2 aliphatic rings. The molecular formula is C26H42N4O11S. The topological polar surface area (TPSA) is 197 Å². The van der Waals surface area contributed by atoms with E-state index in [-0.39, 0.29) is 39.3 Å². The van der Waals surface area contributed by atoms with Gasteiger partial charge in [0.1, 0.15) is 13.2 Å². The number of carbonyl (C=O) groups is 4. The van der Waals surface area contributed by atoms with E-state index < -0.39 is 46.9 Å². The van der Waals surface area contributed by atoms with Gasteiger partial charge in [-0.15, -0.1) is 11.8 Å². The molecule has 0 saturated heterocycles. The molecule has 0 aliphatic heterocycles. The molecule has 2 aliphatic carbocycles. The Bertz CT molecular complexity index is 1040. The van der Waals surface area contributed by atoms with Crippen molar-refractivity contribution in [1.82, 2.24) is 20.1 Å². The molecule has 0 bridgehead atoms. The first-order chi connectivity index (χ1) is 20.1. The molecule has 1 fully saturated rings. The summed E-state index contributed by atoms with van der Waals surface area (Å²) in [5.41, 5.74) is 0. The summed E-state index contributed by atoms with van der Waals surface area (Å²) in [6.45, 7) is 1.56. The van der Waals surface area contributed by atoms with E-state index in [2.05, 4.69) is 27.2 Å². The maximum atomic E-state index is 12.4. The lowest BCUT2D eigenvalue weighted by molar-refractivity contribution is -0.142. The predicted molar refractivity (Wildman–Crippen MR) is 148 cm³/mol. The minimum Gasteiger partial charge on any atom is -0.464 e. The van der Waals surface area contributed by atoms with Crippen LogP contribution < -0.4 is 20.1 Å². The zero-order valence-corrected chi connectivity index (χ0v) is 24.9. The quantitative estimate of drug-likeness (QED) is 0.0668. The van der Waals surface area contributed by atoms with Crippen LogP contribution in [-0.2, 0) is 43.5 Å². The van der Waals surface area contributed by atoms with Crippen molar-refractivity contribution >= 4 is 34.3 Å². The number of nitrogens with one attached hydrogen (secondary N) is 4. The first-order valence-corrected chi connectivity index (χ1v) is 15.4. The number of fused-ring (bicyclic) bond motifs is 1. The summed E-state index contributed by atoms with van der Waals surface area (Å²) in [6, 6.07) is -0.934. The summed E-state index contributed by atoms with van der Waals surface area (Å²) in [7, 11) is -2.71. The lowest BCUT2D eigenvalue weighted by Crippen LogP contribution is -2.45.